The number of carbonyl (C=O) groups is 2. The lowest BCUT2D eigenvalue weighted by atomic mass is 10.1. The van der Waals surface area contributed by atoms with Crippen molar-refractivity contribution >= 4 is 34.7 Å². The number of carboxylic acids is 1. The molecule has 2 aromatic heterocycles. The Morgan fingerprint density at radius 1 is 1.06 bits per heavy atom. The highest BCUT2D eigenvalue weighted by Gasteiger charge is 2.11. The Morgan fingerprint density at radius 2 is 1.84 bits per heavy atom. The van der Waals surface area contributed by atoms with E-state index in [1.165, 1.54) is 0 Å². The number of carbonyl (C=O) groups excluding carboxylic acids is 1. The van der Waals surface area contributed by atoms with Crippen molar-refractivity contribution in [2.24, 2.45) is 0 Å². The fraction of sp³-hybridized carbons (Fsp3) is 0.167. The normalized spacial score (nSPS) is 10.8. The van der Waals surface area contributed by atoms with Crippen LogP contribution in [0.5, 0.6) is 0 Å². The van der Waals surface area contributed by atoms with E-state index in [-0.39, 0.29) is 12.3 Å². The summed E-state index contributed by atoms with van der Waals surface area (Å²) < 4.78 is 1.73. The summed E-state index contributed by atoms with van der Waals surface area (Å²) in [6.07, 6.45) is 2.87. The third kappa shape index (κ3) is 4.75. The van der Waals surface area contributed by atoms with Gasteiger partial charge in [-0.2, -0.15) is 9.61 Å². The van der Waals surface area contributed by atoms with Gasteiger partial charge < -0.3 is 15.7 Å². The van der Waals surface area contributed by atoms with Crippen molar-refractivity contribution in [2.75, 3.05) is 10.6 Å². The lowest BCUT2D eigenvalue weighted by Gasteiger charge is -2.12. The smallest absolute Gasteiger partial charge is 0.303 e. The highest BCUT2D eigenvalue weighted by Crippen LogP contribution is 2.21. The van der Waals surface area contributed by atoms with Crippen molar-refractivity contribution in [1.82, 2.24) is 14.6 Å². The van der Waals surface area contributed by atoms with Crippen LogP contribution in [-0.4, -0.2) is 31.6 Å². The van der Waals surface area contributed by atoms with Crippen LogP contribution < -0.4 is 10.6 Å². The SMILES string of the molecule is CCc1cc(Nc2ccc(C(=O)Nc3ccccc3CCC(=O)O)cc2)n2nccc2n1. The van der Waals surface area contributed by atoms with Crippen LogP contribution in [0.4, 0.5) is 17.2 Å². The molecule has 4 aromatic rings. The molecule has 0 atom stereocenters. The first-order chi connectivity index (χ1) is 15.5. The number of aryl methyl sites for hydroxylation is 2. The number of para-hydroxylation sites is 1. The van der Waals surface area contributed by atoms with Crippen LogP contribution in [0.25, 0.3) is 5.65 Å². The molecule has 0 fully saturated rings. The molecule has 8 nitrogen and oxygen atoms in total. The molecule has 2 aromatic carbocycles. The van der Waals surface area contributed by atoms with Gasteiger partial charge in [-0.15, -0.1) is 0 Å². The lowest BCUT2D eigenvalue weighted by molar-refractivity contribution is -0.136. The Balaban J connectivity index is 1.48. The highest BCUT2D eigenvalue weighted by molar-refractivity contribution is 6.04. The van der Waals surface area contributed by atoms with Crippen LogP contribution in [0.2, 0.25) is 0 Å². The molecule has 162 valence electrons. The third-order valence-electron chi connectivity index (χ3n) is 5.07. The number of hydrogen-bond donors (Lipinski definition) is 3. The maximum Gasteiger partial charge on any atom is 0.303 e. The first kappa shape index (κ1) is 21.0. The van der Waals surface area contributed by atoms with E-state index in [1.54, 1.807) is 28.9 Å². The molecule has 8 heteroatoms. The summed E-state index contributed by atoms with van der Waals surface area (Å²) in [6.45, 7) is 2.05. The number of nitrogens with one attached hydrogen (secondary N) is 2. The molecule has 0 aliphatic rings. The van der Waals surface area contributed by atoms with Gasteiger partial charge in [-0.05, 0) is 48.7 Å². The first-order valence-corrected chi connectivity index (χ1v) is 10.4. The summed E-state index contributed by atoms with van der Waals surface area (Å²) in [6, 6.07) is 18.2. The van der Waals surface area contributed by atoms with Gasteiger partial charge in [0, 0.05) is 41.2 Å². The summed E-state index contributed by atoms with van der Waals surface area (Å²) in [5.41, 5.74) is 4.44. The van der Waals surface area contributed by atoms with Gasteiger partial charge in [-0.3, -0.25) is 9.59 Å². The molecule has 0 unspecified atom stereocenters. The van der Waals surface area contributed by atoms with Crippen molar-refractivity contribution in [1.29, 1.82) is 0 Å². The number of hydrogen-bond acceptors (Lipinski definition) is 5. The van der Waals surface area contributed by atoms with E-state index in [0.29, 0.717) is 17.7 Å². The molecule has 0 aliphatic heterocycles. The quantitative estimate of drug-likeness (QED) is 0.385. The Labute approximate surface area is 184 Å². The maximum atomic E-state index is 12.7. The van der Waals surface area contributed by atoms with Gasteiger partial charge in [0.2, 0.25) is 0 Å². The average Bonchev–Trinajstić information content (AvgIpc) is 3.28. The fourth-order valence-corrected chi connectivity index (χ4v) is 3.38. The number of amides is 1. The predicted octanol–water partition coefficient (Wildman–Crippen LogP) is 4.30. The molecule has 0 aliphatic carbocycles. The number of benzene rings is 2. The number of anilines is 3. The zero-order valence-electron chi connectivity index (χ0n) is 17.6. The van der Waals surface area contributed by atoms with Crippen molar-refractivity contribution < 1.29 is 14.7 Å². The first-order valence-electron chi connectivity index (χ1n) is 10.4. The number of carboxylic acid groups (broad SMARTS) is 1. The van der Waals surface area contributed by atoms with Crippen LogP contribution >= 0.6 is 0 Å². The van der Waals surface area contributed by atoms with E-state index in [4.69, 9.17) is 5.11 Å². The van der Waals surface area contributed by atoms with Crippen molar-refractivity contribution in [2.45, 2.75) is 26.2 Å². The lowest BCUT2D eigenvalue weighted by Crippen LogP contribution is -2.13. The second-order valence-corrected chi connectivity index (χ2v) is 7.29. The molecule has 1 amide bonds. The van der Waals surface area contributed by atoms with Gasteiger partial charge in [0.05, 0.1) is 6.20 Å². The second-order valence-electron chi connectivity index (χ2n) is 7.29. The van der Waals surface area contributed by atoms with Crippen molar-refractivity contribution in [3.8, 4) is 0 Å². The van der Waals surface area contributed by atoms with E-state index in [9.17, 15) is 9.59 Å². The van der Waals surface area contributed by atoms with Gasteiger partial charge in [0.1, 0.15) is 5.82 Å². The molecule has 3 N–H and O–H groups in total. The van der Waals surface area contributed by atoms with Gasteiger partial charge >= 0.3 is 5.97 Å². The minimum absolute atomic E-state index is 0.00548. The van der Waals surface area contributed by atoms with Gasteiger partial charge in [0.25, 0.3) is 5.91 Å². The largest absolute Gasteiger partial charge is 0.481 e. The minimum atomic E-state index is -0.873. The molecular weight excluding hydrogens is 406 g/mol. The molecule has 32 heavy (non-hydrogen) atoms. The van der Waals surface area contributed by atoms with Gasteiger partial charge in [-0.1, -0.05) is 25.1 Å². The summed E-state index contributed by atoms with van der Waals surface area (Å²) in [4.78, 5) is 28.1. The zero-order valence-corrected chi connectivity index (χ0v) is 17.6. The van der Waals surface area contributed by atoms with Gasteiger partial charge in [0.15, 0.2) is 5.65 Å². The molecular formula is C24H23N5O3. The number of fused-ring (bicyclic) bond motifs is 1. The minimum Gasteiger partial charge on any atom is -0.481 e. The number of aromatic nitrogens is 3. The van der Waals surface area contributed by atoms with E-state index < -0.39 is 5.97 Å². The monoisotopic (exact) mass is 429 g/mol. The van der Waals surface area contributed by atoms with Crippen LogP contribution in [-0.2, 0) is 17.6 Å². The van der Waals surface area contributed by atoms with E-state index in [1.807, 2.05) is 49.4 Å². The molecule has 2 heterocycles. The Hall–Kier alpha value is -4.20. The second kappa shape index (κ2) is 9.30. The Bertz CT molecular complexity index is 1260. The summed E-state index contributed by atoms with van der Waals surface area (Å²) in [7, 11) is 0. The number of nitrogens with zero attached hydrogens (tertiary/aromatic N) is 3. The molecule has 0 saturated carbocycles. The highest BCUT2D eigenvalue weighted by atomic mass is 16.4. The summed E-state index contributed by atoms with van der Waals surface area (Å²) in [5, 5.41) is 19.5. The number of rotatable bonds is 8. The topological polar surface area (TPSA) is 109 Å². The Kier molecular flexibility index (Phi) is 6.12. The molecule has 0 saturated heterocycles. The predicted molar refractivity (Wildman–Crippen MR) is 122 cm³/mol. The van der Waals surface area contributed by atoms with Crippen molar-refractivity contribution in [3.05, 3.63) is 83.7 Å². The maximum absolute atomic E-state index is 12.7. The summed E-state index contributed by atoms with van der Waals surface area (Å²) in [5.74, 6) is -0.339. The van der Waals surface area contributed by atoms with Crippen molar-refractivity contribution in [3.63, 3.8) is 0 Å². The fourth-order valence-electron chi connectivity index (χ4n) is 3.38. The molecule has 0 radical (unpaired) electrons. The third-order valence-corrected chi connectivity index (χ3v) is 5.07. The zero-order chi connectivity index (χ0) is 22.5. The van der Waals surface area contributed by atoms with Crippen LogP contribution in [0.15, 0.2) is 66.9 Å². The average molecular weight is 429 g/mol. The Morgan fingerprint density at radius 3 is 2.59 bits per heavy atom. The van der Waals surface area contributed by atoms with Gasteiger partial charge in [-0.25, -0.2) is 4.98 Å². The van der Waals surface area contributed by atoms with E-state index >= 15 is 0 Å². The standard InChI is InChI=1S/C24H23N5O3/c1-2-18-15-22(29-21(26-18)13-14-25-29)27-19-10-7-17(8-11-19)24(32)28-20-6-4-3-5-16(20)9-12-23(30)31/h3-8,10-11,13-15,27H,2,9,12H2,1H3,(H,28,32)(H,30,31). The molecule has 4 rings (SSSR count). The van der Waals surface area contributed by atoms with E-state index in [0.717, 1.165) is 34.8 Å². The van der Waals surface area contributed by atoms with Crippen LogP contribution in [0, 0.1) is 0 Å². The molecule has 0 bridgehead atoms. The summed E-state index contributed by atoms with van der Waals surface area (Å²) >= 11 is 0. The molecule has 0 spiro atoms. The van der Waals surface area contributed by atoms with E-state index in [2.05, 4.69) is 20.7 Å². The van der Waals surface area contributed by atoms with Crippen LogP contribution in [0.1, 0.15) is 35.0 Å². The van der Waals surface area contributed by atoms with Crippen LogP contribution in [0.3, 0.4) is 0 Å². The number of aliphatic carboxylic acids is 1.